The molecule has 9 nitrogen and oxygen atoms in total. The molecular weight excluding hydrogens is 552 g/mol. The number of alkyl carbamates (subject to hydrolysis) is 1. The molecule has 1 aliphatic carbocycles. The molecule has 1 saturated carbocycles. The number of hydrogen-bond donors (Lipinski definition) is 4. The van der Waals surface area contributed by atoms with Gasteiger partial charge < -0.3 is 20.7 Å². The average molecular weight is 601 g/mol. The topological polar surface area (TPSA) is 126 Å². The number of carbonyl (C=O) groups excluding carboxylic acids is 2. The Labute approximate surface area is 251 Å². The molecule has 0 aliphatic heterocycles. The van der Waals surface area contributed by atoms with E-state index in [4.69, 9.17) is 4.74 Å². The van der Waals surface area contributed by atoms with E-state index < -0.39 is 33.8 Å². The van der Waals surface area contributed by atoms with Crippen LogP contribution in [-0.4, -0.2) is 56.9 Å². The van der Waals surface area contributed by atoms with E-state index in [1.165, 1.54) is 6.42 Å². The molecule has 2 aromatic carbocycles. The Balaban J connectivity index is 1.67. The third-order valence-corrected chi connectivity index (χ3v) is 8.73. The van der Waals surface area contributed by atoms with Crippen molar-refractivity contribution >= 4 is 27.7 Å². The normalized spacial score (nSPS) is 15.8. The number of nitrogens with one attached hydrogen (secondary N) is 4. The molecule has 1 fully saturated rings. The van der Waals surface area contributed by atoms with Gasteiger partial charge in [0.15, 0.2) is 0 Å². The number of rotatable bonds is 15. The Morgan fingerprint density at radius 1 is 0.905 bits per heavy atom. The summed E-state index contributed by atoms with van der Waals surface area (Å²) in [4.78, 5) is 26.3. The van der Waals surface area contributed by atoms with Crippen molar-refractivity contribution in [3.05, 3.63) is 66.2 Å². The Kier molecular flexibility index (Phi) is 13.1. The van der Waals surface area contributed by atoms with E-state index in [0.717, 1.165) is 36.9 Å². The van der Waals surface area contributed by atoms with E-state index in [9.17, 15) is 18.0 Å². The molecule has 2 unspecified atom stereocenters. The fourth-order valence-electron chi connectivity index (χ4n) is 5.22. The number of hydrogen-bond acceptors (Lipinski definition) is 6. The first kappa shape index (κ1) is 33.4. The molecule has 0 aromatic heterocycles. The minimum absolute atomic E-state index is 0.209. The predicted octanol–water partition coefficient (Wildman–Crippen LogP) is 5.00. The molecule has 3 rings (SSSR count). The summed E-state index contributed by atoms with van der Waals surface area (Å²) < 4.78 is 34.3. The number of amides is 2. The van der Waals surface area contributed by atoms with Crippen molar-refractivity contribution in [2.24, 2.45) is 5.92 Å². The lowest BCUT2D eigenvalue weighted by molar-refractivity contribution is -0.124. The molecule has 0 bridgehead atoms. The van der Waals surface area contributed by atoms with E-state index in [1.54, 1.807) is 20.8 Å². The minimum atomic E-state index is -3.70. The summed E-state index contributed by atoms with van der Waals surface area (Å²) in [6, 6.07) is 17.9. The molecule has 0 heterocycles. The summed E-state index contributed by atoms with van der Waals surface area (Å²) in [5.74, 6) is -0.334. The lowest BCUT2D eigenvalue weighted by atomic mass is 9.84. The lowest BCUT2D eigenvalue weighted by Crippen LogP contribution is -2.53. The zero-order valence-corrected chi connectivity index (χ0v) is 26.0. The van der Waals surface area contributed by atoms with Crippen molar-refractivity contribution in [3.63, 3.8) is 0 Å². The van der Waals surface area contributed by atoms with E-state index in [-0.39, 0.29) is 18.2 Å². The van der Waals surface area contributed by atoms with Gasteiger partial charge in [-0.05, 0) is 63.6 Å². The summed E-state index contributed by atoms with van der Waals surface area (Å²) in [5.41, 5.74) is 1.26. The molecule has 232 valence electrons. The van der Waals surface area contributed by atoms with Crippen molar-refractivity contribution in [3.8, 4) is 0 Å². The molecule has 2 aromatic rings. The molecule has 10 heteroatoms. The van der Waals surface area contributed by atoms with E-state index in [2.05, 4.69) is 20.7 Å². The highest BCUT2D eigenvalue weighted by molar-refractivity contribution is 7.89. The highest BCUT2D eigenvalue weighted by Crippen LogP contribution is 2.27. The number of benzene rings is 2. The van der Waals surface area contributed by atoms with Crippen molar-refractivity contribution in [2.75, 3.05) is 24.2 Å². The Bertz CT molecular complexity index is 1200. The first-order chi connectivity index (χ1) is 20.0. The smallest absolute Gasteiger partial charge is 0.408 e. The average Bonchev–Trinajstić information content (AvgIpc) is 2.94. The number of anilines is 1. The van der Waals surface area contributed by atoms with E-state index in [0.29, 0.717) is 31.7 Å². The summed E-state index contributed by atoms with van der Waals surface area (Å²) in [6.07, 6.45) is 6.28. The zero-order chi connectivity index (χ0) is 30.4. The number of aryl methyl sites for hydroxylation is 1. The molecule has 0 saturated heterocycles. The maximum atomic E-state index is 13.6. The molecular formula is C32H48N4O5S. The Hall–Kier alpha value is -3.11. The second-order valence-electron chi connectivity index (χ2n) is 12.1. The van der Waals surface area contributed by atoms with Crippen LogP contribution in [0.15, 0.2) is 60.7 Å². The zero-order valence-electron chi connectivity index (χ0n) is 25.2. The molecule has 4 N–H and O–H groups in total. The molecule has 0 radical (unpaired) electrons. The quantitative estimate of drug-likeness (QED) is 0.213. The van der Waals surface area contributed by atoms with Crippen LogP contribution in [0.4, 0.5) is 10.5 Å². The van der Waals surface area contributed by atoms with Crippen molar-refractivity contribution in [1.29, 1.82) is 0 Å². The third kappa shape index (κ3) is 13.2. The predicted molar refractivity (Wildman–Crippen MR) is 168 cm³/mol. The monoisotopic (exact) mass is 600 g/mol. The molecule has 2 amide bonds. The van der Waals surface area contributed by atoms with Gasteiger partial charge in [-0.2, -0.15) is 0 Å². The Morgan fingerprint density at radius 3 is 2.19 bits per heavy atom. The van der Waals surface area contributed by atoms with Gasteiger partial charge in [-0.3, -0.25) is 4.79 Å². The van der Waals surface area contributed by atoms with Gasteiger partial charge in [-0.25, -0.2) is 17.9 Å². The fourth-order valence-corrected chi connectivity index (χ4v) is 6.53. The first-order valence-corrected chi connectivity index (χ1v) is 16.7. The number of ether oxygens (including phenoxy) is 1. The standard InChI is InChI=1S/C32H48N4O5S/c1-32(2,3)41-31(38)36-29(23-26-15-9-5-10-16-26)30(37)35-28(20-19-25-13-7-4-8-14-25)24-42(39,40)34-22-21-33-27-17-11-6-12-18-27/h4,6-8,11-14,17-18,26,28-29,33-34H,5,9-10,15-16,19-24H2,1-3H3,(H,35,37)(H,36,38). The maximum absolute atomic E-state index is 13.6. The number of carbonyl (C=O) groups is 2. The van der Waals surface area contributed by atoms with Crippen LogP contribution < -0.4 is 20.7 Å². The third-order valence-electron chi connectivity index (χ3n) is 7.24. The summed E-state index contributed by atoms with van der Waals surface area (Å²) >= 11 is 0. The largest absolute Gasteiger partial charge is 0.444 e. The van der Waals surface area contributed by atoms with Gasteiger partial charge in [-0.15, -0.1) is 0 Å². The van der Waals surface area contributed by atoms with Crippen LogP contribution in [0.1, 0.15) is 71.3 Å². The minimum Gasteiger partial charge on any atom is -0.444 e. The highest BCUT2D eigenvalue weighted by Gasteiger charge is 2.30. The van der Waals surface area contributed by atoms with Crippen LogP contribution in [-0.2, 0) is 26.0 Å². The summed E-state index contributed by atoms with van der Waals surface area (Å²) in [6.45, 7) is 5.95. The maximum Gasteiger partial charge on any atom is 0.408 e. The van der Waals surface area contributed by atoms with E-state index >= 15 is 0 Å². The van der Waals surface area contributed by atoms with E-state index in [1.807, 2.05) is 60.7 Å². The van der Waals surface area contributed by atoms with Crippen LogP contribution in [0.3, 0.4) is 0 Å². The van der Waals surface area contributed by atoms with Gasteiger partial charge in [0.2, 0.25) is 15.9 Å². The molecule has 42 heavy (non-hydrogen) atoms. The SMILES string of the molecule is CC(C)(C)OC(=O)NC(CC1CCCCC1)C(=O)NC(CCc1ccccc1)CS(=O)(=O)NCCNc1ccccc1. The van der Waals surface area contributed by atoms with Crippen molar-refractivity contribution < 1.29 is 22.7 Å². The number of para-hydroxylation sites is 1. The van der Waals surface area contributed by atoms with Gasteiger partial charge in [0.05, 0.1) is 5.75 Å². The van der Waals surface area contributed by atoms with Crippen molar-refractivity contribution in [2.45, 2.75) is 89.8 Å². The van der Waals surface area contributed by atoms with Crippen molar-refractivity contribution in [1.82, 2.24) is 15.4 Å². The van der Waals surface area contributed by atoms with Gasteiger partial charge in [0.25, 0.3) is 0 Å². The Morgan fingerprint density at radius 2 is 1.55 bits per heavy atom. The van der Waals surface area contributed by atoms with Gasteiger partial charge in [0.1, 0.15) is 11.6 Å². The van der Waals surface area contributed by atoms with Crippen LogP contribution in [0, 0.1) is 5.92 Å². The lowest BCUT2D eigenvalue weighted by Gasteiger charge is -2.29. The molecule has 1 aliphatic rings. The second kappa shape index (κ2) is 16.5. The highest BCUT2D eigenvalue weighted by atomic mass is 32.2. The van der Waals surface area contributed by atoms with Gasteiger partial charge >= 0.3 is 6.09 Å². The van der Waals surface area contributed by atoms with Crippen LogP contribution >= 0.6 is 0 Å². The van der Waals surface area contributed by atoms with Crippen LogP contribution in [0.2, 0.25) is 0 Å². The van der Waals surface area contributed by atoms with Crippen LogP contribution in [0.25, 0.3) is 0 Å². The molecule has 0 spiro atoms. The number of sulfonamides is 1. The second-order valence-corrected chi connectivity index (χ2v) is 14.0. The van der Waals surface area contributed by atoms with Gasteiger partial charge in [-0.1, -0.05) is 80.6 Å². The summed E-state index contributed by atoms with van der Waals surface area (Å²) in [7, 11) is -3.70. The van der Waals surface area contributed by atoms with Gasteiger partial charge in [0, 0.05) is 24.8 Å². The fraction of sp³-hybridized carbons (Fsp3) is 0.562. The van der Waals surface area contributed by atoms with Crippen LogP contribution in [0.5, 0.6) is 0 Å². The first-order valence-electron chi connectivity index (χ1n) is 15.1. The summed E-state index contributed by atoms with van der Waals surface area (Å²) in [5, 5.41) is 8.94. The molecule has 2 atom stereocenters.